The molecule has 4 heteroatoms. The van der Waals surface area contributed by atoms with Crippen LogP contribution < -0.4 is 4.74 Å². The summed E-state index contributed by atoms with van der Waals surface area (Å²) in [6.07, 6.45) is 0.976. The van der Waals surface area contributed by atoms with Gasteiger partial charge < -0.3 is 4.74 Å². The Hall–Kier alpha value is -2.36. The van der Waals surface area contributed by atoms with E-state index in [0.717, 1.165) is 23.3 Å². The smallest absolute Gasteiger partial charge is 0.269 e. The molecule has 0 aromatic heterocycles. The Morgan fingerprint density at radius 3 is 2.00 bits per heavy atom. The number of nitrogens with zero attached hydrogens (tertiary/aromatic N) is 1. The topological polar surface area (TPSA) is 52.4 Å². The lowest BCUT2D eigenvalue weighted by atomic mass is 10.1. The molecule has 2 aromatic carbocycles. The SMILES string of the molecule is CCCOc1ccc(-c2ccc([N+](=O)[O-])cc2)cc1. The van der Waals surface area contributed by atoms with Crippen LogP contribution in [0.4, 0.5) is 5.69 Å². The van der Waals surface area contributed by atoms with E-state index in [1.807, 2.05) is 24.3 Å². The van der Waals surface area contributed by atoms with Crippen molar-refractivity contribution in [3.63, 3.8) is 0 Å². The van der Waals surface area contributed by atoms with Gasteiger partial charge in [0.2, 0.25) is 0 Å². The maximum atomic E-state index is 10.6. The summed E-state index contributed by atoms with van der Waals surface area (Å²) in [7, 11) is 0. The molecule has 98 valence electrons. The molecule has 0 N–H and O–H groups in total. The van der Waals surface area contributed by atoms with E-state index in [-0.39, 0.29) is 5.69 Å². The zero-order valence-corrected chi connectivity index (χ0v) is 10.7. The predicted octanol–water partition coefficient (Wildman–Crippen LogP) is 4.05. The minimum Gasteiger partial charge on any atom is -0.494 e. The first-order valence-corrected chi connectivity index (χ1v) is 6.18. The van der Waals surface area contributed by atoms with Crippen molar-refractivity contribution in [2.45, 2.75) is 13.3 Å². The number of non-ortho nitro benzene ring substituents is 1. The van der Waals surface area contributed by atoms with Crippen molar-refractivity contribution in [3.05, 3.63) is 58.6 Å². The van der Waals surface area contributed by atoms with Crippen molar-refractivity contribution < 1.29 is 9.66 Å². The van der Waals surface area contributed by atoms with Crippen LogP contribution in [-0.2, 0) is 0 Å². The molecule has 0 radical (unpaired) electrons. The van der Waals surface area contributed by atoms with Gasteiger partial charge in [0.15, 0.2) is 0 Å². The van der Waals surface area contributed by atoms with Crippen molar-refractivity contribution in [1.29, 1.82) is 0 Å². The Morgan fingerprint density at radius 2 is 1.53 bits per heavy atom. The van der Waals surface area contributed by atoms with E-state index in [0.29, 0.717) is 6.61 Å². The molecule has 0 amide bonds. The first kappa shape index (κ1) is 13.1. The van der Waals surface area contributed by atoms with Crippen LogP contribution >= 0.6 is 0 Å². The summed E-state index contributed by atoms with van der Waals surface area (Å²) < 4.78 is 5.51. The minimum atomic E-state index is -0.397. The van der Waals surface area contributed by atoms with Gasteiger partial charge in [-0.3, -0.25) is 10.1 Å². The molecule has 19 heavy (non-hydrogen) atoms. The summed E-state index contributed by atoms with van der Waals surface area (Å²) in [5, 5.41) is 10.6. The summed E-state index contributed by atoms with van der Waals surface area (Å²) in [4.78, 5) is 10.2. The summed E-state index contributed by atoms with van der Waals surface area (Å²) in [6, 6.07) is 14.2. The third kappa shape index (κ3) is 3.31. The second-order valence-electron chi connectivity index (χ2n) is 4.18. The van der Waals surface area contributed by atoms with Crippen LogP contribution in [-0.4, -0.2) is 11.5 Å². The lowest BCUT2D eigenvalue weighted by Gasteiger charge is -2.06. The van der Waals surface area contributed by atoms with Gasteiger partial charge in [-0.15, -0.1) is 0 Å². The molecular formula is C15H15NO3. The van der Waals surface area contributed by atoms with Gasteiger partial charge in [0.05, 0.1) is 11.5 Å². The zero-order chi connectivity index (χ0) is 13.7. The number of nitro benzene ring substituents is 1. The molecular weight excluding hydrogens is 242 g/mol. The molecule has 0 saturated carbocycles. The lowest BCUT2D eigenvalue weighted by Crippen LogP contribution is -1.94. The Kier molecular flexibility index (Phi) is 4.13. The molecule has 0 unspecified atom stereocenters. The van der Waals surface area contributed by atoms with Gasteiger partial charge in [0, 0.05) is 12.1 Å². The maximum Gasteiger partial charge on any atom is 0.269 e. The van der Waals surface area contributed by atoms with Crippen LogP contribution in [0, 0.1) is 10.1 Å². The largest absolute Gasteiger partial charge is 0.494 e. The van der Waals surface area contributed by atoms with Crippen molar-refractivity contribution in [2.75, 3.05) is 6.61 Å². The number of hydrogen-bond donors (Lipinski definition) is 0. The average molecular weight is 257 g/mol. The molecule has 0 aliphatic heterocycles. The first-order valence-electron chi connectivity index (χ1n) is 6.18. The van der Waals surface area contributed by atoms with E-state index >= 15 is 0 Å². The van der Waals surface area contributed by atoms with Gasteiger partial charge in [-0.1, -0.05) is 19.1 Å². The highest BCUT2D eigenvalue weighted by atomic mass is 16.6. The molecule has 0 aliphatic rings. The highest BCUT2D eigenvalue weighted by Crippen LogP contribution is 2.24. The van der Waals surface area contributed by atoms with Gasteiger partial charge >= 0.3 is 0 Å². The normalized spacial score (nSPS) is 10.2. The minimum absolute atomic E-state index is 0.103. The molecule has 0 saturated heterocycles. The third-order valence-corrected chi connectivity index (χ3v) is 2.74. The Morgan fingerprint density at radius 1 is 1.00 bits per heavy atom. The fraction of sp³-hybridized carbons (Fsp3) is 0.200. The Bertz CT molecular complexity index is 547. The Labute approximate surface area is 111 Å². The lowest BCUT2D eigenvalue weighted by molar-refractivity contribution is -0.384. The van der Waals surface area contributed by atoms with E-state index < -0.39 is 4.92 Å². The second-order valence-corrected chi connectivity index (χ2v) is 4.18. The van der Waals surface area contributed by atoms with Crippen LogP contribution in [0.5, 0.6) is 5.75 Å². The number of rotatable bonds is 5. The highest BCUT2D eigenvalue weighted by molar-refractivity contribution is 5.65. The molecule has 0 fully saturated rings. The molecule has 0 bridgehead atoms. The standard InChI is InChI=1S/C15H15NO3/c1-2-11-19-15-9-5-13(6-10-15)12-3-7-14(8-4-12)16(17)18/h3-10H,2,11H2,1H3. The monoisotopic (exact) mass is 257 g/mol. The molecule has 0 heterocycles. The molecule has 0 spiro atoms. The number of benzene rings is 2. The van der Waals surface area contributed by atoms with Gasteiger partial charge in [0.25, 0.3) is 5.69 Å². The predicted molar refractivity (Wildman–Crippen MR) is 74.3 cm³/mol. The first-order chi connectivity index (χ1) is 9.20. The zero-order valence-electron chi connectivity index (χ0n) is 10.7. The molecule has 2 aromatic rings. The van der Waals surface area contributed by atoms with E-state index in [4.69, 9.17) is 4.74 Å². The van der Waals surface area contributed by atoms with Crippen molar-refractivity contribution in [1.82, 2.24) is 0 Å². The van der Waals surface area contributed by atoms with E-state index in [9.17, 15) is 10.1 Å². The van der Waals surface area contributed by atoms with Crippen LogP contribution in [0.15, 0.2) is 48.5 Å². The van der Waals surface area contributed by atoms with Crippen LogP contribution in [0.2, 0.25) is 0 Å². The van der Waals surface area contributed by atoms with Crippen molar-refractivity contribution in [3.8, 4) is 16.9 Å². The van der Waals surface area contributed by atoms with Gasteiger partial charge in [0.1, 0.15) is 5.75 Å². The van der Waals surface area contributed by atoms with Crippen LogP contribution in [0.1, 0.15) is 13.3 Å². The maximum absolute atomic E-state index is 10.6. The fourth-order valence-corrected chi connectivity index (χ4v) is 1.74. The van der Waals surface area contributed by atoms with E-state index in [1.165, 1.54) is 12.1 Å². The number of ether oxygens (including phenoxy) is 1. The summed E-state index contributed by atoms with van der Waals surface area (Å²) in [5.74, 6) is 0.840. The van der Waals surface area contributed by atoms with Crippen molar-refractivity contribution in [2.24, 2.45) is 0 Å². The van der Waals surface area contributed by atoms with E-state index in [1.54, 1.807) is 12.1 Å². The van der Waals surface area contributed by atoms with E-state index in [2.05, 4.69) is 6.92 Å². The number of nitro groups is 1. The summed E-state index contributed by atoms with van der Waals surface area (Å²) >= 11 is 0. The van der Waals surface area contributed by atoms with Crippen LogP contribution in [0.3, 0.4) is 0 Å². The summed E-state index contributed by atoms with van der Waals surface area (Å²) in [6.45, 7) is 2.77. The van der Waals surface area contributed by atoms with Gasteiger partial charge in [-0.2, -0.15) is 0 Å². The third-order valence-electron chi connectivity index (χ3n) is 2.74. The van der Waals surface area contributed by atoms with Crippen LogP contribution in [0.25, 0.3) is 11.1 Å². The van der Waals surface area contributed by atoms with Gasteiger partial charge in [-0.05, 0) is 41.8 Å². The molecule has 0 aliphatic carbocycles. The fourth-order valence-electron chi connectivity index (χ4n) is 1.74. The number of hydrogen-bond acceptors (Lipinski definition) is 3. The molecule has 0 atom stereocenters. The van der Waals surface area contributed by atoms with Crippen molar-refractivity contribution >= 4 is 5.69 Å². The average Bonchev–Trinajstić information content (AvgIpc) is 2.46. The Balaban J connectivity index is 2.15. The second kappa shape index (κ2) is 6.00. The quantitative estimate of drug-likeness (QED) is 0.599. The molecule has 4 nitrogen and oxygen atoms in total. The molecule has 2 rings (SSSR count). The summed E-state index contributed by atoms with van der Waals surface area (Å²) in [5.41, 5.74) is 2.07. The van der Waals surface area contributed by atoms with Gasteiger partial charge in [-0.25, -0.2) is 0 Å². The highest BCUT2D eigenvalue weighted by Gasteiger charge is 2.05.